The number of nitrogens with two attached hydrogens (primary N) is 1. The van der Waals surface area contributed by atoms with E-state index in [0.717, 1.165) is 30.6 Å². The number of hydrogen-bond acceptors (Lipinski definition) is 4. The molecule has 21 heavy (non-hydrogen) atoms. The molecule has 1 aliphatic carbocycles. The van der Waals surface area contributed by atoms with Crippen LogP contribution < -0.4 is 10.5 Å². The summed E-state index contributed by atoms with van der Waals surface area (Å²) in [7, 11) is -3.58. The minimum atomic E-state index is -3.58. The second kappa shape index (κ2) is 7.33. The Balaban J connectivity index is 2.18. The first-order valence-electron chi connectivity index (χ1n) is 7.04. The van der Waals surface area contributed by atoms with Crippen LogP contribution in [-0.4, -0.2) is 27.3 Å². The lowest BCUT2D eigenvalue weighted by molar-refractivity contribution is 0.405. The van der Waals surface area contributed by atoms with E-state index < -0.39 is 10.0 Å². The van der Waals surface area contributed by atoms with Crippen LogP contribution in [0.1, 0.15) is 25.7 Å². The molecule has 0 saturated heterocycles. The maximum atomic E-state index is 12.5. The summed E-state index contributed by atoms with van der Waals surface area (Å²) in [5.41, 5.74) is 5.76. The first-order chi connectivity index (χ1) is 9.97. The van der Waals surface area contributed by atoms with E-state index in [1.54, 1.807) is 12.1 Å². The van der Waals surface area contributed by atoms with E-state index in [1.165, 1.54) is 17.8 Å². The van der Waals surface area contributed by atoms with Crippen molar-refractivity contribution < 1.29 is 8.42 Å². The fourth-order valence-electron chi connectivity index (χ4n) is 2.78. The van der Waals surface area contributed by atoms with Crippen LogP contribution in [0.5, 0.6) is 0 Å². The van der Waals surface area contributed by atoms with Crippen LogP contribution in [-0.2, 0) is 10.0 Å². The predicted octanol–water partition coefficient (Wildman–Crippen LogP) is 2.86. The van der Waals surface area contributed by atoms with E-state index in [0.29, 0.717) is 17.5 Å². The zero-order chi connectivity index (χ0) is 15.5. The van der Waals surface area contributed by atoms with E-state index in [2.05, 4.69) is 4.72 Å². The lowest BCUT2D eigenvalue weighted by Gasteiger charge is -2.23. The molecule has 4 nitrogen and oxygen atoms in total. The van der Waals surface area contributed by atoms with Crippen molar-refractivity contribution >= 4 is 33.4 Å². The van der Waals surface area contributed by atoms with Gasteiger partial charge in [0.1, 0.15) is 0 Å². The van der Waals surface area contributed by atoms with E-state index in [1.807, 2.05) is 6.26 Å². The molecule has 1 saturated carbocycles. The van der Waals surface area contributed by atoms with Gasteiger partial charge in [-0.1, -0.05) is 24.4 Å². The molecule has 0 aromatic heterocycles. The van der Waals surface area contributed by atoms with Gasteiger partial charge in [0.2, 0.25) is 10.0 Å². The van der Waals surface area contributed by atoms with Crippen LogP contribution >= 0.6 is 23.4 Å². The van der Waals surface area contributed by atoms with Crippen LogP contribution in [0.4, 0.5) is 0 Å². The van der Waals surface area contributed by atoms with Crippen LogP contribution in [0.2, 0.25) is 5.02 Å². The Labute approximate surface area is 135 Å². The number of thioether (sulfide) groups is 1. The van der Waals surface area contributed by atoms with Crippen molar-refractivity contribution in [2.24, 2.45) is 11.7 Å². The second-order valence-corrected chi connectivity index (χ2v) is 8.27. The molecule has 1 atom stereocenters. The molecular formula is C14H21ClN2O2S2. The third kappa shape index (κ3) is 4.13. The molecule has 118 valence electrons. The highest BCUT2D eigenvalue weighted by Crippen LogP contribution is 2.30. The topological polar surface area (TPSA) is 72.2 Å². The van der Waals surface area contributed by atoms with Gasteiger partial charge in [-0.25, -0.2) is 13.1 Å². The number of nitrogens with one attached hydrogen (secondary N) is 1. The van der Waals surface area contributed by atoms with Gasteiger partial charge >= 0.3 is 0 Å². The molecule has 2 rings (SSSR count). The monoisotopic (exact) mass is 348 g/mol. The lowest BCUT2D eigenvalue weighted by Crippen LogP contribution is -2.44. The van der Waals surface area contributed by atoms with E-state index in [-0.39, 0.29) is 10.9 Å². The highest BCUT2D eigenvalue weighted by atomic mass is 35.5. The first-order valence-corrected chi connectivity index (χ1v) is 10.1. The average molecular weight is 349 g/mol. The highest BCUT2D eigenvalue weighted by molar-refractivity contribution is 7.98. The van der Waals surface area contributed by atoms with Crippen LogP contribution in [0.25, 0.3) is 0 Å². The largest absolute Gasteiger partial charge is 0.329 e. The van der Waals surface area contributed by atoms with Gasteiger partial charge < -0.3 is 5.73 Å². The van der Waals surface area contributed by atoms with Gasteiger partial charge in [0.05, 0.1) is 9.92 Å². The van der Waals surface area contributed by atoms with Gasteiger partial charge in [-0.05, 0) is 43.2 Å². The van der Waals surface area contributed by atoms with Crippen molar-refractivity contribution in [3.8, 4) is 0 Å². The van der Waals surface area contributed by atoms with Crippen LogP contribution in [0.3, 0.4) is 0 Å². The van der Waals surface area contributed by atoms with E-state index in [4.69, 9.17) is 17.3 Å². The fraction of sp³-hybridized carbons (Fsp3) is 0.571. The van der Waals surface area contributed by atoms with Crippen molar-refractivity contribution in [1.82, 2.24) is 4.72 Å². The van der Waals surface area contributed by atoms with Gasteiger partial charge in [0.25, 0.3) is 0 Å². The minimum absolute atomic E-state index is 0.196. The zero-order valence-electron chi connectivity index (χ0n) is 12.0. The Morgan fingerprint density at radius 2 is 2.10 bits per heavy atom. The molecular weight excluding hydrogens is 328 g/mol. The third-order valence-electron chi connectivity index (χ3n) is 3.96. The summed E-state index contributed by atoms with van der Waals surface area (Å²) >= 11 is 7.58. The van der Waals surface area contributed by atoms with Crippen LogP contribution in [0.15, 0.2) is 28.0 Å². The quantitative estimate of drug-likeness (QED) is 0.775. The predicted molar refractivity (Wildman–Crippen MR) is 88.4 cm³/mol. The Hall–Kier alpha value is -0.270. The average Bonchev–Trinajstić information content (AvgIpc) is 2.98. The molecule has 1 fully saturated rings. The molecule has 1 aromatic rings. The summed E-state index contributed by atoms with van der Waals surface area (Å²) in [5.74, 6) is 0.339. The van der Waals surface area contributed by atoms with E-state index in [9.17, 15) is 8.42 Å². The standard InChI is InChI=1S/C14H21ClN2O2S2/c1-20-14-7-6-11(8-12(14)15)21(18,19)17-13(9-16)10-4-2-3-5-10/h6-8,10,13,17H,2-5,9,16H2,1H3. The van der Waals surface area contributed by atoms with Crippen molar-refractivity contribution in [3.05, 3.63) is 23.2 Å². The Morgan fingerprint density at radius 1 is 1.43 bits per heavy atom. The van der Waals surface area contributed by atoms with Crippen molar-refractivity contribution in [3.63, 3.8) is 0 Å². The number of sulfonamides is 1. The molecule has 0 heterocycles. The lowest BCUT2D eigenvalue weighted by atomic mass is 9.99. The Morgan fingerprint density at radius 3 is 2.62 bits per heavy atom. The van der Waals surface area contributed by atoms with Gasteiger partial charge in [-0.2, -0.15) is 0 Å². The summed E-state index contributed by atoms with van der Waals surface area (Å²) in [6.07, 6.45) is 6.28. The van der Waals surface area contributed by atoms with E-state index >= 15 is 0 Å². The smallest absolute Gasteiger partial charge is 0.240 e. The molecule has 0 aliphatic heterocycles. The number of benzene rings is 1. The molecule has 3 N–H and O–H groups in total. The molecule has 1 aliphatic rings. The van der Waals surface area contributed by atoms with Gasteiger partial charge in [-0.3, -0.25) is 0 Å². The summed E-state index contributed by atoms with van der Waals surface area (Å²) in [5, 5.41) is 0.454. The SMILES string of the molecule is CSc1ccc(S(=O)(=O)NC(CN)C2CCCC2)cc1Cl. The Bertz CT molecular complexity index is 587. The third-order valence-corrected chi connectivity index (χ3v) is 6.67. The Kier molecular flexibility index (Phi) is 5.96. The second-order valence-electron chi connectivity index (χ2n) is 5.30. The molecule has 1 aromatic carbocycles. The molecule has 0 amide bonds. The molecule has 0 radical (unpaired) electrons. The fourth-order valence-corrected chi connectivity index (χ4v) is 5.06. The summed E-state index contributed by atoms with van der Waals surface area (Å²) in [6, 6.07) is 4.62. The molecule has 0 bridgehead atoms. The number of hydrogen-bond donors (Lipinski definition) is 2. The zero-order valence-corrected chi connectivity index (χ0v) is 14.4. The van der Waals surface area contributed by atoms with Gasteiger partial charge in [0.15, 0.2) is 0 Å². The highest BCUT2D eigenvalue weighted by Gasteiger charge is 2.28. The maximum Gasteiger partial charge on any atom is 0.240 e. The summed E-state index contributed by atoms with van der Waals surface area (Å²) in [4.78, 5) is 1.06. The van der Waals surface area contributed by atoms with Crippen molar-refractivity contribution in [2.45, 2.75) is 41.5 Å². The minimum Gasteiger partial charge on any atom is -0.329 e. The van der Waals surface area contributed by atoms with Crippen molar-refractivity contribution in [1.29, 1.82) is 0 Å². The van der Waals surface area contributed by atoms with Gasteiger partial charge in [-0.15, -0.1) is 11.8 Å². The van der Waals surface area contributed by atoms with Crippen molar-refractivity contribution in [2.75, 3.05) is 12.8 Å². The number of rotatable bonds is 6. The normalized spacial score (nSPS) is 18.0. The van der Waals surface area contributed by atoms with Crippen LogP contribution in [0, 0.1) is 5.92 Å². The summed E-state index contributed by atoms with van der Waals surface area (Å²) in [6.45, 7) is 0.320. The molecule has 1 unspecified atom stereocenters. The summed E-state index contributed by atoms with van der Waals surface area (Å²) < 4.78 is 27.7. The van der Waals surface area contributed by atoms with Gasteiger partial charge in [0, 0.05) is 17.5 Å². The molecule has 0 spiro atoms. The molecule has 7 heteroatoms. The number of halogens is 1. The maximum absolute atomic E-state index is 12.5. The first kappa shape index (κ1) is 17.1.